The van der Waals surface area contributed by atoms with E-state index in [1.54, 1.807) is 12.1 Å². The molecule has 47 heavy (non-hydrogen) atoms. The van der Waals surface area contributed by atoms with Crippen molar-refractivity contribution in [3.8, 4) is 0 Å². The van der Waals surface area contributed by atoms with Crippen molar-refractivity contribution in [2.24, 2.45) is 5.92 Å². The fraction of sp³-hybridized carbons (Fsp3) is 0.618. The Balaban J connectivity index is 1.20. The van der Waals surface area contributed by atoms with Crippen LogP contribution in [0.2, 0.25) is 0 Å². The highest BCUT2D eigenvalue weighted by Crippen LogP contribution is 2.45. The first kappa shape index (κ1) is 32.8. The summed E-state index contributed by atoms with van der Waals surface area (Å²) in [7, 11) is 0. The number of fused-ring (bicyclic) bond motifs is 3. The van der Waals surface area contributed by atoms with E-state index in [1.807, 2.05) is 12.2 Å². The highest BCUT2D eigenvalue weighted by Gasteiger charge is 2.61. The summed E-state index contributed by atoms with van der Waals surface area (Å²) in [5.74, 6) is -2.94. The number of nitrogens with one attached hydrogen (secondary N) is 3. The number of hydrogen-bond donors (Lipinski definition) is 4. The van der Waals surface area contributed by atoms with Gasteiger partial charge in [0.05, 0.1) is 6.54 Å². The SMILES string of the molecule is O=C(NC1CCCC1)N[C@H]1CCCCC/C=C\[C@H]2C[C@@]2(C(=O)O)NC(=O)[C@@H]2C[C@@H](OC(=O)N3CCc4c(F)cccc4C3)CN2C1=O. The largest absolute Gasteiger partial charge is 0.479 e. The van der Waals surface area contributed by atoms with Crippen molar-refractivity contribution in [2.75, 3.05) is 13.1 Å². The first-order valence-electron chi connectivity index (χ1n) is 17.0. The number of rotatable bonds is 4. The first-order valence-corrected chi connectivity index (χ1v) is 17.0. The van der Waals surface area contributed by atoms with Crippen LogP contribution in [-0.2, 0) is 32.1 Å². The highest BCUT2D eigenvalue weighted by atomic mass is 19.1. The van der Waals surface area contributed by atoms with Gasteiger partial charge in [-0.15, -0.1) is 0 Å². The molecule has 0 aromatic heterocycles. The molecule has 254 valence electrons. The van der Waals surface area contributed by atoms with Crippen LogP contribution in [0.1, 0.15) is 81.8 Å². The predicted octanol–water partition coefficient (Wildman–Crippen LogP) is 3.38. The minimum absolute atomic E-state index is 0.0282. The molecule has 3 fully saturated rings. The summed E-state index contributed by atoms with van der Waals surface area (Å²) in [5, 5.41) is 18.6. The zero-order valence-electron chi connectivity index (χ0n) is 26.5. The number of aliphatic carboxylic acids is 1. The molecule has 3 aliphatic heterocycles. The van der Waals surface area contributed by atoms with E-state index in [2.05, 4.69) is 16.0 Å². The average Bonchev–Trinajstić information content (AvgIpc) is 3.33. The molecule has 0 bridgehead atoms. The van der Waals surface area contributed by atoms with Crippen LogP contribution in [0.25, 0.3) is 0 Å². The number of halogens is 1. The number of nitrogens with zero attached hydrogens (tertiary/aromatic N) is 2. The highest BCUT2D eigenvalue weighted by molar-refractivity contribution is 5.96. The summed E-state index contributed by atoms with van der Waals surface area (Å²) in [5.41, 5.74) is -0.202. The summed E-state index contributed by atoms with van der Waals surface area (Å²) in [4.78, 5) is 69.4. The van der Waals surface area contributed by atoms with Gasteiger partial charge in [0.2, 0.25) is 11.8 Å². The Morgan fingerprint density at radius 3 is 2.62 bits per heavy atom. The van der Waals surface area contributed by atoms with Crippen molar-refractivity contribution in [1.29, 1.82) is 0 Å². The minimum atomic E-state index is -1.47. The number of hydrogen-bond acceptors (Lipinski definition) is 6. The summed E-state index contributed by atoms with van der Waals surface area (Å²) in [6, 6.07) is 2.34. The van der Waals surface area contributed by atoms with E-state index in [0.717, 1.165) is 44.9 Å². The molecule has 0 radical (unpaired) electrons. The van der Waals surface area contributed by atoms with Crippen molar-refractivity contribution >= 4 is 29.9 Å². The molecule has 5 aliphatic rings. The van der Waals surface area contributed by atoms with Crippen LogP contribution in [0.15, 0.2) is 30.4 Å². The second kappa shape index (κ2) is 13.9. The summed E-state index contributed by atoms with van der Waals surface area (Å²) in [6.07, 6.45) is 10.1. The molecule has 2 saturated carbocycles. The van der Waals surface area contributed by atoms with Crippen molar-refractivity contribution in [2.45, 2.75) is 113 Å². The Hall–Kier alpha value is -4.16. The molecule has 3 heterocycles. The summed E-state index contributed by atoms with van der Waals surface area (Å²) >= 11 is 0. The molecule has 13 heteroatoms. The lowest BCUT2D eigenvalue weighted by Crippen LogP contribution is -2.57. The van der Waals surface area contributed by atoms with E-state index >= 15 is 0 Å². The van der Waals surface area contributed by atoms with E-state index in [-0.39, 0.29) is 50.3 Å². The number of amides is 5. The molecule has 4 N–H and O–H groups in total. The molecule has 1 aromatic rings. The predicted molar refractivity (Wildman–Crippen MR) is 167 cm³/mol. The van der Waals surface area contributed by atoms with Crippen LogP contribution >= 0.6 is 0 Å². The molecule has 1 saturated heterocycles. The maximum absolute atomic E-state index is 14.2. The third-order valence-electron chi connectivity index (χ3n) is 10.4. The Labute approximate surface area is 273 Å². The fourth-order valence-electron chi connectivity index (χ4n) is 7.54. The van der Waals surface area contributed by atoms with Gasteiger partial charge in [0, 0.05) is 31.5 Å². The van der Waals surface area contributed by atoms with Gasteiger partial charge in [0.25, 0.3) is 0 Å². The molecule has 2 aliphatic carbocycles. The van der Waals surface area contributed by atoms with Crippen LogP contribution in [0, 0.1) is 11.7 Å². The second-order valence-electron chi connectivity index (χ2n) is 13.6. The molecule has 5 atom stereocenters. The number of benzene rings is 1. The van der Waals surface area contributed by atoms with Gasteiger partial charge in [-0.2, -0.15) is 0 Å². The number of ether oxygens (including phenoxy) is 1. The lowest BCUT2D eigenvalue weighted by Gasteiger charge is -2.30. The van der Waals surface area contributed by atoms with E-state index in [1.165, 1.54) is 15.9 Å². The monoisotopic (exact) mass is 653 g/mol. The van der Waals surface area contributed by atoms with Gasteiger partial charge in [-0.1, -0.05) is 50.0 Å². The quantitative estimate of drug-likeness (QED) is 0.363. The van der Waals surface area contributed by atoms with Gasteiger partial charge in [-0.3, -0.25) is 9.59 Å². The molecular weight excluding hydrogens is 609 g/mol. The molecule has 0 unspecified atom stereocenters. The van der Waals surface area contributed by atoms with Gasteiger partial charge in [-0.25, -0.2) is 18.8 Å². The van der Waals surface area contributed by atoms with E-state index in [4.69, 9.17) is 4.74 Å². The van der Waals surface area contributed by atoms with Crippen molar-refractivity contribution in [3.63, 3.8) is 0 Å². The van der Waals surface area contributed by atoms with Gasteiger partial charge >= 0.3 is 18.1 Å². The molecule has 0 spiro atoms. The van der Waals surface area contributed by atoms with Gasteiger partial charge < -0.3 is 35.6 Å². The van der Waals surface area contributed by atoms with Crippen molar-refractivity contribution < 1.29 is 38.2 Å². The Bertz CT molecular complexity index is 1430. The summed E-state index contributed by atoms with van der Waals surface area (Å²) in [6.45, 7) is 0.334. The lowest BCUT2D eigenvalue weighted by molar-refractivity contribution is -0.145. The topological polar surface area (TPSA) is 157 Å². The van der Waals surface area contributed by atoms with E-state index in [9.17, 15) is 33.5 Å². The smallest absolute Gasteiger partial charge is 0.410 e. The zero-order valence-corrected chi connectivity index (χ0v) is 26.5. The van der Waals surface area contributed by atoms with Crippen molar-refractivity contribution in [3.05, 3.63) is 47.3 Å². The molecular formula is C34H44FN5O7. The lowest BCUT2D eigenvalue weighted by atomic mass is 9.99. The Morgan fingerprint density at radius 1 is 1.04 bits per heavy atom. The molecule has 6 rings (SSSR count). The third-order valence-corrected chi connectivity index (χ3v) is 10.4. The van der Waals surface area contributed by atoms with Crippen LogP contribution in [-0.4, -0.2) is 87.7 Å². The zero-order chi connectivity index (χ0) is 33.1. The van der Waals surface area contributed by atoms with Crippen LogP contribution < -0.4 is 16.0 Å². The fourth-order valence-corrected chi connectivity index (χ4v) is 7.54. The minimum Gasteiger partial charge on any atom is -0.479 e. The maximum Gasteiger partial charge on any atom is 0.410 e. The first-order chi connectivity index (χ1) is 22.6. The second-order valence-corrected chi connectivity index (χ2v) is 13.6. The standard InChI is InChI=1S/C34H44FN5O7/c35-26-13-8-9-21-19-39(16-15-25(21)26)33(46)47-24-17-28-29(41)38-34(31(43)44)18-22(34)10-4-2-1-3-5-14-27(30(42)40(28)20-24)37-32(45)36-23-11-6-7-12-23/h4,8-10,13,22-24,27-28H,1-3,5-7,11-12,14-20H2,(H,38,41)(H,43,44)(H2,36,37,45)/b10-4-/t22-,24+,27-,28-,34+/m0/s1. The number of urea groups is 1. The molecule has 12 nitrogen and oxygen atoms in total. The van der Waals surface area contributed by atoms with Gasteiger partial charge in [0.15, 0.2) is 0 Å². The normalized spacial score (nSPS) is 30.5. The molecule has 1 aromatic carbocycles. The maximum atomic E-state index is 14.2. The summed E-state index contributed by atoms with van der Waals surface area (Å²) < 4.78 is 20.1. The van der Waals surface area contributed by atoms with Crippen LogP contribution in [0.5, 0.6) is 0 Å². The third kappa shape index (κ3) is 7.23. The Morgan fingerprint density at radius 2 is 1.83 bits per heavy atom. The molecule has 5 amide bonds. The number of carbonyl (C=O) groups excluding carboxylic acids is 4. The van der Waals surface area contributed by atoms with E-state index < -0.39 is 53.6 Å². The number of carboxylic acid groups (broad SMARTS) is 1. The number of carboxylic acids is 1. The number of carbonyl (C=O) groups is 5. The van der Waals surface area contributed by atoms with E-state index in [0.29, 0.717) is 30.4 Å². The van der Waals surface area contributed by atoms with Crippen LogP contribution in [0.3, 0.4) is 0 Å². The van der Waals surface area contributed by atoms with Gasteiger partial charge in [0.1, 0.15) is 29.5 Å². The number of allylic oxidation sites excluding steroid dienone is 1. The van der Waals surface area contributed by atoms with Crippen molar-refractivity contribution in [1.82, 2.24) is 25.8 Å². The van der Waals surface area contributed by atoms with Gasteiger partial charge in [-0.05, 0) is 62.1 Å². The van der Waals surface area contributed by atoms with Crippen LogP contribution in [0.4, 0.5) is 14.0 Å². The Kier molecular flexibility index (Phi) is 9.70. The average molecular weight is 654 g/mol.